The fourth-order valence-corrected chi connectivity index (χ4v) is 2.72. The van der Waals surface area contributed by atoms with E-state index in [1.54, 1.807) is 0 Å². The van der Waals surface area contributed by atoms with Crippen molar-refractivity contribution in [3.8, 4) is 11.5 Å². The second kappa shape index (κ2) is 6.92. The highest BCUT2D eigenvalue weighted by molar-refractivity contribution is 5.63. The number of benzene rings is 2. The number of aromatic nitrogens is 2. The molecule has 1 aliphatic heterocycles. The average molecular weight is 348 g/mol. The highest BCUT2D eigenvalue weighted by Crippen LogP contribution is 2.33. The molecule has 0 aliphatic carbocycles. The molecule has 0 spiro atoms. The highest BCUT2D eigenvalue weighted by Gasteiger charge is 2.12. The molecule has 0 bridgehead atoms. The van der Waals surface area contributed by atoms with E-state index < -0.39 is 0 Å². The van der Waals surface area contributed by atoms with E-state index in [0.717, 1.165) is 28.6 Å². The van der Waals surface area contributed by atoms with Crippen LogP contribution in [0.15, 0.2) is 48.5 Å². The van der Waals surface area contributed by atoms with Crippen LogP contribution in [0, 0.1) is 13.8 Å². The highest BCUT2D eigenvalue weighted by atomic mass is 16.6. The standard InChI is InChI=1S/C20H20N4O2/c1-13-3-5-15(6-4-13)23-20-21-14(2)11-19(24-20)22-16-7-8-17-18(12-16)26-10-9-25-17/h3-8,11-12H,9-10H2,1-2H3,(H2,21,22,23,24). The number of aryl methyl sites for hydroxylation is 2. The molecule has 6 heteroatoms. The van der Waals surface area contributed by atoms with Crippen LogP contribution in [0.25, 0.3) is 0 Å². The molecule has 0 saturated heterocycles. The zero-order valence-corrected chi connectivity index (χ0v) is 14.7. The van der Waals surface area contributed by atoms with Gasteiger partial charge in [0.15, 0.2) is 11.5 Å². The monoisotopic (exact) mass is 348 g/mol. The van der Waals surface area contributed by atoms with E-state index in [0.29, 0.717) is 25.0 Å². The molecule has 1 aromatic heterocycles. The van der Waals surface area contributed by atoms with E-state index in [4.69, 9.17) is 9.47 Å². The van der Waals surface area contributed by atoms with E-state index in [1.807, 2.05) is 55.5 Å². The normalized spacial score (nSPS) is 12.5. The third-order valence-electron chi connectivity index (χ3n) is 3.98. The number of fused-ring (bicyclic) bond motifs is 1. The van der Waals surface area contributed by atoms with Crippen LogP contribution in [0.3, 0.4) is 0 Å². The molecule has 3 aromatic rings. The summed E-state index contributed by atoms with van der Waals surface area (Å²) < 4.78 is 11.2. The van der Waals surface area contributed by atoms with Gasteiger partial charge in [-0.15, -0.1) is 0 Å². The molecule has 0 amide bonds. The van der Waals surface area contributed by atoms with Crippen LogP contribution >= 0.6 is 0 Å². The molecule has 0 atom stereocenters. The molecular weight excluding hydrogens is 328 g/mol. The van der Waals surface area contributed by atoms with Crippen LogP contribution in [0.4, 0.5) is 23.1 Å². The van der Waals surface area contributed by atoms with Crippen LogP contribution in [-0.4, -0.2) is 23.2 Å². The van der Waals surface area contributed by atoms with Crippen molar-refractivity contribution in [3.63, 3.8) is 0 Å². The first-order valence-electron chi connectivity index (χ1n) is 8.52. The quantitative estimate of drug-likeness (QED) is 0.730. The molecule has 0 radical (unpaired) electrons. The van der Waals surface area contributed by atoms with E-state index in [9.17, 15) is 0 Å². The van der Waals surface area contributed by atoms with Gasteiger partial charge in [0.25, 0.3) is 0 Å². The first-order valence-corrected chi connectivity index (χ1v) is 8.52. The molecule has 0 saturated carbocycles. The van der Waals surface area contributed by atoms with Crippen LogP contribution in [-0.2, 0) is 0 Å². The second-order valence-electron chi connectivity index (χ2n) is 6.19. The summed E-state index contributed by atoms with van der Waals surface area (Å²) in [5, 5.41) is 6.54. The lowest BCUT2D eigenvalue weighted by Gasteiger charge is -2.19. The molecule has 2 aromatic carbocycles. The summed E-state index contributed by atoms with van der Waals surface area (Å²) in [7, 11) is 0. The fraction of sp³-hybridized carbons (Fsp3) is 0.200. The minimum Gasteiger partial charge on any atom is -0.486 e. The molecule has 0 unspecified atom stereocenters. The topological polar surface area (TPSA) is 68.3 Å². The Morgan fingerprint density at radius 3 is 2.31 bits per heavy atom. The van der Waals surface area contributed by atoms with Crippen molar-refractivity contribution in [1.82, 2.24) is 9.97 Å². The summed E-state index contributed by atoms with van der Waals surface area (Å²) in [6.07, 6.45) is 0. The Kier molecular flexibility index (Phi) is 4.31. The summed E-state index contributed by atoms with van der Waals surface area (Å²) in [5.41, 5.74) is 3.91. The van der Waals surface area contributed by atoms with Gasteiger partial charge in [-0.25, -0.2) is 4.98 Å². The Balaban J connectivity index is 1.55. The maximum absolute atomic E-state index is 5.63. The van der Waals surface area contributed by atoms with Gasteiger partial charge in [-0.2, -0.15) is 4.98 Å². The number of nitrogens with one attached hydrogen (secondary N) is 2. The van der Waals surface area contributed by atoms with Crippen molar-refractivity contribution in [2.45, 2.75) is 13.8 Å². The van der Waals surface area contributed by atoms with E-state index in [2.05, 4.69) is 27.5 Å². The molecule has 132 valence electrons. The Hall–Kier alpha value is -3.28. The van der Waals surface area contributed by atoms with Gasteiger partial charge in [0.1, 0.15) is 19.0 Å². The lowest BCUT2D eigenvalue weighted by molar-refractivity contribution is 0.171. The van der Waals surface area contributed by atoms with Gasteiger partial charge >= 0.3 is 0 Å². The van der Waals surface area contributed by atoms with Crippen LogP contribution in [0.5, 0.6) is 11.5 Å². The van der Waals surface area contributed by atoms with Crippen LogP contribution in [0.2, 0.25) is 0 Å². The van der Waals surface area contributed by atoms with Crippen molar-refractivity contribution in [3.05, 3.63) is 59.8 Å². The van der Waals surface area contributed by atoms with Crippen molar-refractivity contribution >= 4 is 23.1 Å². The number of ether oxygens (including phenoxy) is 2. The first kappa shape index (κ1) is 16.2. The lowest BCUT2D eigenvalue weighted by atomic mass is 10.2. The van der Waals surface area contributed by atoms with Gasteiger partial charge in [-0.1, -0.05) is 17.7 Å². The smallest absolute Gasteiger partial charge is 0.229 e. The van der Waals surface area contributed by atoms with Gasteiger partial charge < -0.3 is 20.1 Å². The number of nitrogens with zero attached hydrogens (tertiary/aromatic N) is 2. The van der Waals surface area contributed by atoms with Crippen molar-refractivity contribution in [2.75, 3.05) is 23.8 Å². The van der Waals surface area contributed by atoms with E-state index >= 15 is 0 Å². The van der Waals surface area contributed by atoms with Gasteiger partial charge in [0.05, 0.1) is 0 Å². The van der Waals surface area contributed by atoms with Crippen LogP contribution < -0.4 is 20.1 Å². The van der Waals surface area contributed by atoms with Crippen molar-refractivity contribution in [2.24, 2.45) is 0 Å². The van der Waals surface area contributed by atoms with Crippen molar-refractivity contribution in [1.29, 1.82) is 0 Å². The summed E-state index contributed by atoms with van der Waals surface area (Å²) in [6.45, 7) is 5.14. The summed E-state index contributed by atoms with van der Waals surface area (Å²) in [5.74, 6) is 2.77. The summed E-state index contributed by atoms with van der Waals surface area (Å²) >= 11 is 0. The number of anilines is 4. The molecule has 1 aliphatic rings. The van der Waals surface area contributed by atoms with Crippen LogP contribution in [0.1, 0.15) is 11.3 Å². The number of hydrogen-bond donors (Lipinski definition) is 2. The Morgan fingerprint density at radius 1 is 0.769 bits per heavy atom. The molecule has 6 nitrogen and oxygen atoms in total. The Bertz CT molecular complexity index is 926. The second-order valence-corrected chi connectivity index (χ2v) is 6.19. The number of rotatable bonds is 4. The predicted octanol–water partition coefficient (Wildman–Crippen LogP) is 4.35. The third-order valence-corrected chi connectivity index (χ3v) is 3.98. The van der Waals surface area contributed by atoms with E-state index in [-0.39, 0.29) is 0 Å². The molecule has 2 N–H and O–H groups in total. The molecule has 26 heavy (non-hydrogen) atoms. The maximum atomic E-state index is 5.63. The average Bonchev–Trinajstić information content (AvgIpc) is 2.63. The van der Waals surface area contributed by atoms with Gasteiger partial charge in [0.2, 0.25) is 5.95 Å². The van der Waals surface area contributed by atoms with E-state index in [1.165, 1.54) is 5.56 Å². The van der Waals surface area contributed by atoms with Gasteiger partial charge in [0, 0.05) is 29.2 Å². The first-order chi connectivity index (χ1) is 12.7. The molecule has 4 rings (SSSR count). The maximum Gasteiger partial charge on any atom is 0.229 e. The SMILES string of the molecule is Cc1ccc(Nc2nc(C)cc(Nc3ccc4c(c3)OCCO4)n2)cc1. The Labute approximate surface area is 152 Å². The fourth-order valence-electron chi connectivity index (χ4n) is 2.72. The largest absolute Gasteiger partial charge is 0.486 e. The zero-order valence-electron chi connectivity index (χ0n) is 14.7. The molecule has 0 fully saturated rings. The molecule has 2 heterocycles. The zero-order chi connectivity index (χ0) is 17.9. The predicted molar refractivity (Wildman–Crippen MR) is 102 cm³/mol. The van der Waals surface area contributed by atoms with Gasteiger partial charge in [-0.3, -0.25) is 0 Å². The number of hydrogen-bond acceptors (Lipinski definition) is 6. The lowest BCUT2D eigenvalue weighted by Crippen LogP contribution is -2.15. The minimum atomic E-state index is 0.550. The van der Waals surface area contributed by atoms with Crippen molar-refractivity contribution < 1.29 is 9.47 Å². The molecular formula is C20H20N4O2. The summed E-state index contributed by atoms with van der Waals surface area (Å²) in [6, 6.07) is 15.8. The summed E-state index contributed by atoms with van der Waals surface area (Å²) in [4.78, 5) is 9.01. The third kappa shape index (κ3) is 3.69. The van der Waals surface area contributed by atoms with Gasteiger partial charge in [-0.05, 0) is 38.1 Å². The minimum absolute atomic E-state index is 0.550. The Morgan fingerprint density at radius 2 is 1.50 bits per heavy atom.